The van der Waals surface area contributed by atoms with Gasteiger partial charge in [-0.1, -0.05) is 18.1 Å². The van der Waals surface area contributed by atoms with Crippen LogP contribution in [0.1, 0.15) is 6.42 Å². The molecule has 0 aromatic heterocycles. The van der Waals surface area contributed by atoms with Crippen molar-refractivity contribution in [2.24, 2.45) is 0 Å². The molecule has 1 rings (SSSR count). The second kappa shape index (κ2) is 4.17. The Morgan fingerprint density at radius 2 is 2.23 bits per heavy atom. The first-order valence-electron chi connectivity index (χ1n) is 3.82. The standard InChI is InChI=1S/C10H10N2O/c1-2-5-10(13)12-9-7-4-3-6-8(9)11/h1,3-4,6-7H,5,11H2,(H,12,13). The number of carbonyl (C=O) groups excluding carboxylic acids is 1. The van der Waals surface area contributed by atoms with Crippen molar-refractivity contribution in [3.8, 4) is 12.3 Å². The van der Waals surface area contributed by atoms with E-state index in [2.05, 4.69) is 11.2 Å². The first-order valence-corrected chi connectivity index (χ1v) is 3.82. The molecule has 3 nitrogen and oxygen atoms in total. The number of hydrogen-bond acceptors (Lipinski definition) is 2. The normalized spacial score (nSPS) is 8.85. The highest BCUT2D eigenvalue weighted by Crippen LogP contribution is 2.16. The van der Waals surface area contributed by atoms with Crippen LogP contribution in [0.5, 0.6) is 0 Å². The number of benzene rings is 1. The minimum absolute atomic E-state index is 0.0638. The van der Waals surface area contributed by atoms with Crippen molar-refractivity contribution in [3.63, 3.8) is 0 Å². The highest BCUT2D eigenvalue weighted by Gasteiger charge is 2.01. The van der Waals surface area contributed by atoms with Gasteiger partial charge in [0.05, 0.1) is 17.8 Å². The van der Waals surface area contributed by atoms with Crippen LogP contribution in [0.4, 0.5) is 11.4 Å². The summed E-state index contributed by atoms with van der Waals surface area (Å²) in [5.74, 6) is 2.03. The third-order valence-electron chi connectivity index (χ3n) is 1.50. The van der Waals surface area contributed by atoms with Crippen molar-refractivity contribution < 1.29 is 4.79 Å². The molecular weight excluding hydrogens is 164 g/mol. The molecule has 1 amide bonds. The van der Waals surface area contributed by atoms with E-state index < -0.39 is 0 Å². The molecular formula is C10H10N2O. The van der Waals surface area contributed by atoms with E-state index in [1.165, 1.54) is 0 Å². The lowest BCUT2D eigenvalue weighted by Gasteiger charge is -2.05. The topological polar surface area (TPSA) is 55.1 Å². The summed E-state index contributed by atoms with van der Waals surface area (Å²) < 4.78 is 0. The average molecular weight is 174 g/mol. The highest BCUT2D eigenvalue weighted by atomic mass is 16.1. The van der Waals surface area contributed by atoms with E-state index in [4.69, 9.17) is 12.2 Å². The second-order valence-electron chi connectivity index (χ2n) is 2.52. The Kier molecular flexibility index (Phi) is 2.93. The smallest absolute Gasteiger partial charge is 0.236 e. The average Bonchev–Trinajstić information content (AvgIpc) is 2.09. The van der Waals surface area contributed by atoms with Gasteiger partial charge in [-0.15, -0.1) is 6.42 Å². The van der Waals surface area contributed by atoms with Crippen LogP contribution in [0.15, 0.2) is 24.3 Å². The van der Waals surface area contributed by atoms with Crippen molar-refractivity contribution in [2.45, 2.75) is 6.42 Å². The number of nitrogens with two attached hydrogens (primary N) is 1. The Hall–Kier alpha value is -1.95. The molecule has 0 heterocycles. The van der Waals surface area contributed by atoms with Crippen molar-refractivity contribution >= 4 is 17.3 Å². The summed E-state index contributed by atoms with van der Waals surface area (Å²) in [5.41, 5.74) is 6.73. The molecule has 0 atom stereocenters. The number of nitrogens with one attached hydrogen (secondary N) is 1. The molecule has 1 aromatic rings. The molecule has 0 aliphatic carbocycles. The van der Waals surface area contributed by atoms with Crippen LogP contribution >= 0.6 is 0 Å². The Labute approximate surface area is 76.9 Å². The zero-order chi connectivity index (χ0) is 9.68. The van der Waals surface area contributed by atoms with Crippen LogP contribution < -0.4 is 11.1 Å². The molecule has 0 aliphatic heterocycles. The predicted molar refractivity (Wildman–Crippen MR) is 52.9 cm³/mol. The lowest BCUT2D eigenvalue weighted by Crippen LogP contribution is -2.11. The molecule has 0 aliphatic rings. The van der Waals surface area contributed by atoms with Gasteiger partial charge < -0.3 is 11.1 Å². The van der Waals surface area contributed by atoms with E-state index in [1.54, 1.807) is 24.3 Å². The van der Waals surface area contributed by atoms with Gasteiger partial charge in [-0.25, -0.2) is 0 Å². The summed E-state index contributed by atoms with van der Waals surface area (Å²) in [5, 5.41) is 2.60. The van der Waals surface area contributed by atoms with Gasteiger partial charge in [0.25, 0.3) is 0 Å². The fourth-order valence-corrected chi connectivity index (χ4v) is 0.898. The van der Waals surface area contributed by atoms with E-state index in [0.29, 0.717) is 11.4 Å². The Morgan fingerprint density at radius 3 is 2.85 bits per heavy atom. The molecule has 0 spiro atoms. The number of hydrogen-bond donors (Lipinski definition) is 2. The second-order valence-corrected chi connectivity index (χ2v) is 2.52. The highest BCUT2D eigenvalue weighted by molar-refractivity contribution is 5.94. The molecule has 3 heteroatoms. The van der Waals surface area contributed by atoms with Crippen molar-refractivity contribution in [3.05, 3.63) is 24.3 Å². The molecule has 0 fully saturated rings. The molecule has 0 unspecified atom stereocenters. The van der Waals surface area contributed by atoms with E-state index in [-0.39, 0.29) is 12.3 Å². The molecule has 66 valence electrons. The van der Waals surface area contributed by atoms with Crippen LogP contribution in [0.25, 0.3) is 0 Å². The zero-order valence-electron chi connectivity index (χ0n) is 7.08. The van der Waals surface area contributed by atoms with Crippen LogP contribution in [-0.2, 0) is 4.79 Å². The van der Waals surface area contributed by atoms with Gasteiger partial charge in [0.2, 0.25) is 5.91 Å². The molecule has 3 N–H and O–H groups in total. The van der Waals surface area contributed by atoms with Gasteiger partial charge in [-0.3, -0.25) is 4.79 Å². The maximum Gasteiger partial charge on any atom is 0.236 e. The van der Waals surface area contributed by atoms with Gasteiger partial charge in [0.1, 0.15) is 0 Å². The van der Waals surface area contributed by atoms with E-state index in [0.717, 1.165) is 0 Å². The minimum atomic E-state index is -0.222. The molecule has 0 saturated carbocycles. The zero-order valence-corrected chi connectivity index (χ0v) is 7.08. The third-order valence-corrected chi connectivity index (χ3v) is 1.50. The molecule has 0 saturated heterocycles. The predicted octanol–water partition coefficient (Wildman–Crippen LogP) is 1.23. The van der Waals surface area contributed by atoms with Gasteiger partial charge in [-0.05, 0) is 12.1 Å². The fraction of sp³-hybridized carbons (Fsp3) is 0.100. The quantitative estimate of drug-likeness (QED) is 0.523. The Morgan fingerprint density at radius 1 is 1.54 bits per heavy atom. The van der Waals surface area contributed by atoms with Gasteiger partial charge in [-0.2, -0.15) is 0 Å². The first kappa shape index (κ1) is 9.14. The largest absolute Gasteiger partial charge is 0.397 e. The van der Waals surface area contributed by atoms with Crippen molar-refractivity contribution in [1.29, 1.82) is 0 Å². The SMILES string of the molecule is C#CCC(=O)Nc1ccccc1N. The van der Waals surface area contributed by atoms with Crippen molar-refractivity contribution in [1.82, 2.24) is 0 Å². The lowest BCUT2D eigenvalue weighted by molar-refractivity contribution is -0.115. The fourth-order valence-electron chi connectivity index (χ4n) is 0.898. The molecule has 0 radical (unpaired) electrons. The first-order chi connectivity index (χ1) is 6.24. The lowest BCUT2D eigenvalue weighted by atomic mass is 10.2. The maximum atomic E-state index is 11.1. The number of anilines is 2. The Balaban J connectivity index is 2.70. The van der Waals surface area contributed by atoms with Gasteiger partial charge in [0, 0.05) is 0 Å². The van der Waals surface area contributed by atoms with Crippen LogP contribution in [0, 0.1) is 12.3 Å². The summed E-state index contributed by atoms with van der Waals surface area (Å²) in [6.45, 7) is 0. The van der Waals surface area contributed by atoms with E-state index >= 15 is 0 Å². The minimum Gasteiger partial charge on any atom is -0.397 e. The number of amides is 1. The summed E-state index contributed by atoms with van der Waals surface area (Å²) in [6.07, 6.45) is 5.04. The Bertz CT molecular complexity index is 352. The monoisotopic (exact) mass is 174 g/mol. The number of nitrogen functional groups attached to an aromatic ring is 1. The summed E-state index contributed by atoms with van der Waals surface area (Å²) in [4.78, 5) is 11.1. The van der Waals surface area contributed by atoms with Crippen LogP contribution in [0.3, 0.4) is 0 Å². The van der Waals surface area contributed by atoms with Crippen molar-refractivity contribution in [2.75, 3.05) is 11.1 Å². The summed E-state index contributed by atoms with van der Waals surface area (Å²) in [7, 11) is 0. The number of terminal acetylenes is 1. The number of carbonyl (C=O) groups is 1. The van der Waals surface area contributed by atoms with Gasteiger partial charge in [0.15, 0.2) is 0 Å². The number of para-hydroxylation sites is 2. The van der Waals surface area contributed by atoms with Gasteiger partial charge >= 0.3 is 0 Å². The van der Waals surface area contributed by atoms with Crippen LogP contribution in [-0.4, -0.2) is 5.91 Å². The number of rotatable bonds is 2. The summed E-state index contributed by atoms with van der Waals surface area (Å²) >= 11 is 0. The molecule has 0 bridgehead atoms. The van der Waals surface area contributed by atoms with E-state index in [9.17, 15) is 4.79 Å². The maximum absolute atomic E-state index is 11.1. The molecule has 1 aromatic carbocycles. The third kappa shape index (κ3) is 2.53. The van der Waals surface area contributed by atoms with Crippen LogP contribution in [0.2, 0.25) is 0 Å². The van der Waals surface area contributed by atoms with E-state index in [1.807, 2.05) is 0 Å². The molecule has 13 heavy (non-hydrogen) atoms. The summed E-state index contributed by atoms with van der Waals surface area (Å²) in [6, 6.07) is 7.03.